The predicted molar refractivity (Wildman–Crippen MR) is 132 cm³/mol. The highest BCUT2D eigenvalue weighted by atomic mass is 19.3. The van der Waals surface area contributed by atoms with Crippen LogP contribution < -0.4 is 4.74 Å². The molecule has 2 aromatic carbocycles. The second-order valence-electron chi connectivity index (χ2n) is 9.87. The predicted octanol–water partition coefficient (Wildman–Crippen LogP) is 4.85. The van der Waals surface area contributed by atoms with E-state index in [1.165, 1.54) is 0 Å². The van der Waals surface area contributed by atoms with Crippen molar-refractivity contribution in [2.75, 3.05) is 20.2 Å². The molecule has 1 N–H and O–H groups in total. The normalized spacial score (nSPS) is 20.5. The van der Waals surface area contributed by atoms with Gasteiger partial charge in [-0.1, -0.05) is 6.07 Å². The summed E-state index contributed by atoms with van der Waals surface area (Å²) in [6.45, 7) is 1.67. The summed E-state index contributed by atoms with van der Waals surface area (Å²) in [5.74, 6) is 0.625. The number of fused-ring (bicyclic) bond motifs is 1. The molecule has 2 aromatic heterocycles. The maximum absolute atomic E-state index is 12.7. The first-order chi connectivity index (χ1) is 17.4. The number of nitrogens with zero attached hydrogens (tertiary/aromatic N) is 5. The fourth-order valence-electron chi connectivity index (χ4n) is 5.31. The number of rotatable bonds is 6. The van der Waals surface area contributed by atoms with Gasteiger partial charge in [0, 0.05) is 55.2 Å². The molecule has 186 valence electrons. The van der Waals surface area contributed by atoms with Crippen molar-refractivity contribution in [3.63, 3.8) is 0 Å². The molecule has 1 aliphatic carbocycles. The molecule has 0 spiro atoms. The number of likely N-dealkylation sites (tertiary alicyclic amines) is 1. The molecule has 1 aliphatic heterocycles. The summed E-state index contributed by atoms with van der Waals surface area (Å²) in [4.78, 5) is 2.27. The van der Waals surface area contributed by atoms with Gasteiger partial charge in [0.2, 0.25) is 6.43 Å². The number of methoxy groups -OCH3 is 1. The molecule has 0 radical (unpaired) electrons. The fraction of sp³-hybridized carbons (Fsp3) is 0.370. The molecule has 36 heavy (non-hydrogen) atoms. The second-order valence-corrected chi connectivity index (χ2v) is 9.87. The second kappa shape index (κ2) is 8.81. The maximum Gasteiger partial charge on any atom is 0.241 e. The minimum Gasteiger partial charge on any atom is -0.507 e. The number of phenols is 1. The first kappa shape index (κ1) is 22.8. The van der Waals surface area contributed by atoms with Gasteiger partial charge >= 0.3 is 0 Å². The molecule has 0 atom stereocenters. The van der Waals surface area contributed by atoms with Crippen LogP contribution in [0.1, 0.15) is 24.5 Å². The van der Waals surface area contributed by atoms with E-state index in [0.29, 0.717) is 29.8 Å². The van der Waals surface area contributed by atoms with Crippen LogP contribution >= 0.6 is 0 Å². The van der Waals surface area contributed by atoms with Crippen LogP contribution in [0.15, 0.2) is 48.7 Å². The van der Waals surface area contributed by atoms with Gasteiger partial charge in [0.1, 0.15) is 17.0 Å². The minimum absolute atomic E-state index is 0.119. The molecule has 2 aliphatic rings. The first-order valence-electron chi connectivity index (χ1n) is 12.1. The Bertz CT molecular complexity index is 1410. The molecule has 1 saturated heterocycles. The van der Waals surface area contributed by atoms with Gasteiger partial charge in [0.25, 0.3) is 0 Å². The van der Waals surface area contributed by atoms with Crippen LogP contribution in [0.2, 0.25) is 0 Å². The highest BCUT2D eigenvalue weighted by Gasteiger charge is 2.43. The summed E-state index contributed by atoms with van der Waals surface area (Å²) in [5, 5.41) is 25.0. The van der Waals surface area contributed by atoms with Crippen LogP contribution in [0.25, 0.3) is 33.3 Å². The summed E-state index contributed by atoms with van der Waals surface area (Å²) < 4.78 is 32.7. The number of aryl methyl sites for hydroxylation is 1. The summed E-state index contributed by atoms with van der Waals surface area (Å²) in [6, 6.07) is 13.5. The summed E-state index contributed by atoms with van der Waals surface area (Å²) in [5.41, 5.74) is 4.65. The van der Waals surface area contributed by atoms with Crippen molar-refractivity contribution in [3.8, 4) is 33.9 Å². The lowest BCUT2D eigenvalue weighted by Crippen LogP contribution is -2.56. The fourth-order valence-corrected chi connectivity index (χ4v) is 5.31. The van der Waals surface area contributed by atoms with E-state index >= 15 is 0 Å². The number of halogens is 2. The zero-order valence-electron chi connectivity index (χ0n) is 20.1. The molecule has 4 aromatic rings. The smallest absolute Gasteiger partial charge is 0.241 e. The molecule has 1 saturated carbocycles. The van der Waals surface area contributed by atoms with Crippen molar-refractivity contribution in [1.29, 1.82) is 0 Å². The number of hydrogen-bond donors (Lipinski definition) is 1. The van der Waals surface area contributed by atoms with Gasteiger partial charge in [0.05, 0.1) is 18.5 Å². The number of phenolic OH excluding ortho intramolecular Hbond substituents is 1. The average Bonchev–Trinajstić information content (AvgIpc) is 3.19. The largest absolute Gasteiger partial charge is 0.507 e. The zero-order valence-corrected chi connectivity index (χ0v) is 20.1. The first-order valence-corrected chi connectivity index (χ1v) is 12.1. The van der Waals surface area contributed by atoms with Crippen LogP contribution in [-0.4, -0.2) is 62.7 Å². The van der Waals surface area contributed by atoms with Gasteiger partial charge < -0.3 is 9.84 Å². The Morgan fingerprint density at radius 1 is 1.03 bits per heavy atom. The van der Waals surface area contributed by atoms with E-state index in [0.717, 1.165) is 40.8 Å². The van der Waals surface area contributed by atoms with Crippen LogP contribution in [0.5, 0.6) is 11.5 Å². The lowest BCUT2D eigenvalue weighted by molar-refractivity contribution is -0.0475. The molecule has 3 heterocycles. The van der Waals surface area contributed by atoms with Crippen molar-refractivity contribution in [2.24, 2.45) is 13.0 Å². The zero-order chi connectivity index (χ0) is 25.0. The van der Waals surface area contributed by atoms with Crippen LogP contribution in [0, 0.1) is 5.92 Å². The monoisotopic (exact) mass is 491 g/mol. The van der Waals surface area contributed by atoms with E-state index in [4.69, 9.17) is 4.74 Å². The number of benzene rings is 2. The van der Waals surface area contributed by atoms with E-state index in [9.17, 15) is 13.9 Å². The lowest BCUT2D eigenvalue weighted by atomic mass is 9.77. The molecule has 0 unspecified atom stereocenters. The third-order valence-electron chi connectivity index (χ3n) is 7.55. The number of alkyl halides is 2. The number of hydrogen-bond acceptors (Lipinski definition) is 6. The van der Waals surface area contributed by atoms with Crippen molar-refractivity contribution in [1.82, 2.24) is 24.9 Å². The molecule has 6 rings (SSSR count). The van der Waals surface area contributed by atoms with Crippen LogP contribution in [-0.2, 0) is 7.05 Å². The average molecular weight is 492 g/mol. The molecule has 0 amide bonds. The van der Waals surface area contributed by atoms with Crippen molar-refractivity contribution in [3.05, 3.63) is 54.4 Å². The Kier molecular flexibility index (Phi) is 5.59. The summed E-state index contributed by atoms with van der Waals surface area (Å²) >= 11 is 0. The molecule has 9 heteroatoms. The Balaban J connectivity index is 1.16. The topological polar surface area (TPSA) is 76.3 Å². The molecule has 7 nitrogen and oxygen atoms in total. The lowest BCUT2D eigenvalue weighted by Gasteiger charge is -2.50. The summed E-state index contributed by atoms with van der Waals surface area (Å²) in [6.07, 6.45) is 0.913. The van der Waals surface area contributed by atoms with Gasteiger partial charge in [-0.3, -0.25) is 9.58 Å². The third-order valence-corrected chi connectivity index (χ3v) is 7.55. The van der Waals surface area contributed by atoms with Gasteiger partial charge in [-0.05, 0) is 60.4 Å². The third kappa shape index (κ3) is 3.97. The van der Waals surface area contributed by atoms with E-state index < -0.39 is 12.3 Å². The van der Waals surface area contributed by atoms with Gasteiger partial charge in [-0.25, -0.2) is 8.78 Å². The Morgan fingerprint density at radius 2 is 1.83 bits per heavy atom. The van der Waals surface area contributed by atoms with E-state index in [2.05, 4.69) is 20.2 Å². The summed E-state index contributed by atoms with van der Waals surface area (Å²) in [7, 11) is 3.49. The SMILES string of the molecule is COc1cc(-c2ccc(-c3ccc(C4CN(C5CC(C(F)F)C5)C4)nn3)c(O)c2)cc2cn(C)nc12. The number of aromatic hydroxyl groups is 1. The van der Waals surface area contributed by atoms with Crippen molar-refractivity contribution < 1.29 is 18.6 Å². The van der Waals surface area contributed by atoms with Crippen molar-refractivity contribution >= 4 is 10.9 Å². The van der Waals surface area contributed by atoms with Crippen molar-refractivity contribution in [2.45, 2.75) is 31.2 Å². The minimum atomic E-state index is -2.20. The van der Waals surface area contributed by atoms with Gasteiger partial charge in [-0.15, -0.1) is 0 Å². The Labute approximate surface area is 207 Å². The van der Waals surface area contributed by atoms with Gasteiger partial charge in [0.15, 0.2) is 0 Å². The standard InChI is InChI=1S/C27H27F2N5O2/c1-33-12-18-7-16(11-25(36-2)26(18)32-33)15-3-4-21(24(35)10-15)23-6-5-22(30-31-23)19-13-34(14-19)20-8-17(9-20)27(28)29/h3-7,10-12,17,19-20,27,35H,8-9,13-14H2,1-2H3. The molecule has 0 bridgehead atoms. The van der Waals surface area contributed by atoms with E-state index in [-0.39, 0.29) is 17.7 Å². The highest BCUT2D eigenvalue weighted by molar-refractivity contribution is 5.90. The van der Waals surface area contributed by atoms with Gasteiger partial charge in [-0.2, -0.15) is 15.3 Å². The number of aromatic nitrogens is 4. The highest BCUT2D eigenvalue weighted by Crippen LogP contribution is 2.41. The maximum atomic E-state index is 12.7. The van der Waals surface area contributed by atoms with E-state index in [1.807, 2.05) is 49.6 Å². The van der Waals surface area contributed by atoms with Crippen LogP contribution in [0.4, 0.5) is 8.78 Å². The molecular formula is C27H27F2N5O2. The number of ether oxygens (including phenoxy) is 1. The van der Waals surface area contributed by atoms with E-state index in [1.54, 1.807) is 17.9 Å². The Hall–Kier alpha value is -3.59. The molecule has 2 fully saturated rings. The Morgan fingerprint density at radius 3 is 2.50 bits per heavy atom. The molecular weight excluding hydrogens is 464 g/mol. The van der Waals surface area contributed by atoms with Crippen LogP contribution in [0.3, 0.4) is 0 Å². The quantitative estimate of drug-likeness (QED) is 0.415.